The molecule has 0 fully saturated rings. The van der Waals surface area contributed by atoms with Crippen LogP contribution in [-0.4, -0.2) is 11.6 Å². The van der Waals surface area contributed by atoms with Gasteiger partial charge in [0.1, 0.15) is 23.0 Å². The second kappa shape index (κ2) is 11.3. The smallest absolute Gasteiger partial charge is 0.271 e. The van der Waals surface area contributed by atoms with Gasteiger partial charge < -0.3 is 18.9 Å². The lowest BCUT2D eigenvalue weighted by Crippen LogP contribution is -2.33. The van der Waals surface area contributed by atoms with Crippen molar-refractivity contribution >= 4 is 11.6 Å². The summed E-state index contributed by atoms with van der Waals surface area (Å²) < 4.78 is 24.1. The Hall–Kier alpha value is -5.10. The van der Waals surface area contributed by atoms with Gasteiger partial charge in [0, 0.05) is 0 Å². The van der Waals surface area contributed by atoms with Crippen LogP contribution in [0, 0.1) is 27.7 Å². The number of aryl methyl sites for hydroxylation is 4. The average molecular weight is 533 g/mol. The SMILES string of the molecule is Cc1ccc(OC2=C(Oc3ccc(C)cc3)C(=O)C(Oc3ccc(C)cc3)=C(Oc3ccc(C)cc3)C2=O)cc1. The molecular weight excluding hydrogens is 504 g/mol. The number of rotatable bonds is 8. The third-order valence-corrected chi connectivity index (χ3v) is 6.20. The van der Waals surface area contributed by atoms with Gasteiger partial charge in [0.15, 0.2) is 0 Å². The van der Waals surface area contributed by atoms with Crippen molar-refractivity contribution in [3.05, 3.63) is 142 Å². The lowest BCUT2D eigenvalue weighted by atomic mass is 10.0. The van der Waals surface area contributed by atoms with Gasteiger partial charge in [0.25, 0.3) is 11.6 Å². The summed E-state index contributed by atoms with van der Waals surface area (Å²) in [7, 11) is 0. The molecule has 6 nitrogen and oxygen atoms in total. The highest BCUT2D eigenvalue weighted by molar-refractivity contribution is 6.22. The van der Waals surface area contributed by atoms with Crippen LogP contribution < -0.4 is 18.9 Å². The third kappa shape index (κ3) is 5.97. The average Bonchev–Trinajstić information content (AvgIpc) is 2.95. The van der Waals surface area contributed by atoms with Gasteiger partial charge >= 0.3 is 0 Å². The second-order valence-corrected chi connectivity index (χ2v) is 9.64. The molecular formula is C34H28O6. The molecule has 0 saturated carbocycles. The van der Waals surface area contributed by atoms with Crippen LogP contribution in [0.2, 0.25) is 0 Å². The van der Waals surface area contributed by atoms with Gasteiger partial charge in [-0.2, -0.15) is 0 Å². The van der Waals surface area contributed by atoms with Crippen molar-refractivity contribution in [1.82, 2.24) is 0 Å². The number of carbonyl (C=O) groups is 2. The van der Waals surface area contributed by atoms with Crippen molar-refractivity contribution in [2.75, 3.05) is 0 Å². The van der Waals surface area contributed by atoms with E-state index in [9.17, 15) is 9.59 Å². The van der Waals surface area contributed by atoms with Crippen LogP contribution in [0.25, 0.3) is 0 Å². The molecule has 0 bridgehead atoms. The molecule has 0 unspecified atom stereocenters. The van der Waals surface area contributed by atoms with Crippen molar-refractivity contribution in [1.29, 1.82) is 0 Å². The highest BCUT2D eigenvalue weighted by atomic mass is 16.6. The fourth-order valence-electron chi connectivity index (χ4n) is 3.89. The summed E-state index contributed by atoms with van der Waals surface area (Å²) in [5.41, 5.74) is 4.06. The topological polar surface area (TPSA) is 71.1 Å². The lowest BCUT2D eigenvalue weighted by Gasteiger charge is -2.23. The molecule has 5 rings (SSSR count). The van der Waals surface area contributed by atoms with E-state index < -0.39 is 11.6 Å². The molecule has 4 aromatic rings. The minimum Gasteiger partial charge on any atom is -0.449 e. The van der Waals surface area contributed by atoms with E-state index in [0.717, 1.165) is 22.3 Å². The van der Waals surface area contributed by atoms with E-state index in [1.165, 1.54) is 0 Å². The predicted octanol–water partition coefficient (Wildman–Crippen LogP) is 7.11. The third-order valence-electron chi connectivity index (χ3n) is 6.20. The molecule has 0 aliphatic heterocycles. The summed E-state index contributed by atoms with van der Waals surface area (Å²) in [6.45, 7) is 7.76. The van der Waals surface area contributed by atoms with Crippen LogP contribution in [0.5, 0.6) is 23.0 Å². The Labute approximate surface area is 233 Å². The summed E-state index contributed by atoms with van der Waals surface area (Å²) >= 11 is 0. The Kier molecular flexibility index (Phi) is 7.51. The number of hydrogen-bond donors (Lipinski definition) is 0. The molecule has 200 valence electrons. The Morgan fingerprint density at radius 1 is 0.325 bits per heavy atom. The summed E-state index contributed by atoms with van der Waals surface area (Å²) in [4.78, 5) is 28.1. The molecule has 0 spiro atoms. The van der Waals surface area contributed by atoms with Crippen molar-refractivity contribution in [3.63, 3.8) is 0 Å². The van der Waals surface area contributed by atoms with Crippen LogP contribution >= 0.6 is 0 Å². The minimum absolute atomic E-state index is 0.298. The highest BCUT2D eigenvalue weighted by Gasteiger charge is 2.42. The summed E-state index contributed by atoms with van der Waals surface area (Å²) in [6.07, 6.45) is 0. The molecule has 1 aliphatic rings. The molecule has 4 aromatic carbocycles. The predicted molar refractivity (Wildman–Crippen MR) is 151 cm³/mol. The van der Waals surface area contributed by atoms with Gasteiger partial charge in [0.05, 0.1) is 0 Å². The van der Waals surface area contributed by atoms with Crippen molar-refractivity contribution in [2.45, 2.75) is 27.7 Å². The van der Waals surface area contributed by atoms with E-state index in [2.05, 4.69) is 0 Å². The largest absolute Gasteiger partial charge is 0.449 e. The Morgan fingerprint density at radius 2 is 0.500 bits per heavy atom. The van der Waals surface area contributed by atoms with E-state index in [1.54, 1.807) is 48.5 Å². The maximum atomic E-state index is 14.0. The van der Waals surface area contributed by atoms with Gasteiger partial charge in [-0.1, -0.05) is 70.8 Å². The molecule has 0 amide bonds. The number of Topliss-reactive ketones (excluding diaryl/α,β-unsaturated/α-hetero) is 2. The summed E-state index contributed by atoms with van der Waals surface area (Å²) in [5, 5.41) is 0. The fraction of sp³-hybridized carbons (Fsp3) is 0.118. The first-order valence-corrected chi connectivity index (χ1v) is 12.8. The van der Waals surface area contributed by atoms with Gasteiger partial charge in [-0.15, -0.1) is 0 Å². The standard InChI is InChI=1S/C34H28O6/c1-21-5-13-25(14-6-21)37-31-29(35)33(39-27-17-9-23(3)10-18-27)34(40-28-19-11-24(4)12-20-28)30(36)32(31)38-26-15-7-22(2)8-16-26/h5-20H,1-4H3. The molecule has 6 heteroatoms. The monoisotopic (exact) mass is 532 g/mol. The van der Waals surface area contributed by atoms with Crippen LogP contribution in [-0.2, 0) is 9.59 Å². The first kappa shape index (κ1) is 26.5. The molecule has 0 heterocycles. The van der Waals surface area contributed by atoms with Crippen molar-refractivity contribution in [2.24, 2.45) is 0 Å². The molecule has 0 saturated heterocycles. The van der Waals surface area contributed by atoms with Crippen LogP contribution in [0.4, 0.5) is 0 Å². The lowest BCUT2D eigenvalue weighted by molar-refractivity contribution is -0.122. The van der Waals surface area contributed by atoms with Gasteiger partial charge in [-0.25, -0.2) is 0 Å². The first-order valence-electron chi connectivity index (χ1n) is 12.8. The van der Waals surface area contributed by atoms with E-state index in [1.807, 2.05) is 76.2 Å². The molecule has 0 radical (unpaired) electrons. The van der Waals surface area contributed by atoms with Gasteiger partial charge in [-0.3, -0.25) is 9.59 Å². The second-order valence-electron chi connectivity index (χ2n) is 9.64. The zero-order valence-corrected chi connectivity index (χ0v) is 22.7. The first-order chi connectivity index (χ1) is 19.3. The normalized spacial score (nSPS) is 13.4. The maximum Gasteiger partial charge on any atom is 0.271 e. The number of benzene rings is 4. The summed E-state index contributed by atoms with van der Waals surface area (Å²) in [6, 6.07) is 28.5. The van der Waals surface area contributed by atoms with Crippen LogP contribution in [0.3, 0.4) is 0 Å². The van der Waals surface area contributed by atoms with Gasteiger partial charge in [0.2, 0.25) is 23.0 Å². The molecule has 1 aliphatic carbocycles. The van der Waals surface area contributed by atoms with E-state index in [-0.39, 0.29) is 23.0 Å². The quantitative estimate of drug-likeness (QED) is 0.225. The number of carbonyl (C=O) groups excluding carboxylic acids is 2. The Balaban J connectivity index is 1.62. The molecule has 0 N–H and O–H groups in total. The maximum absolute atomic E-state index is 14.0. The summed E-state index contributed by atoms with van der Waals surface area (Å²) in [5.74, 6) is -1.11. The van der Waals surface area contributed by atoms with E-state index in [0.29, 0.717) is 23.0 Å². The van der Waals surface area contributed by atoms with Gasteiger partial charge in [-0.05, 0) is 76.2 Å². The van der Waals surface area contributed by atoms with Crippen LogP contribution in [0.1, 0.15) is 22.3 Å². The minimum atomic E-state index is -0.690. The van der Waals surface area contributed by atoms with E-state index >= 15 is 0 Å². The van der Waals surface area contributed by atoms with Crippen molar-refractivity contribution in [3.8, 4) is 23.0 Å². The Morgan fingerprint density at radius 3 is 0.675 bits per heavy atom. The highest BCUT2D eigenvalue weighted by Crippen LogP contribution is 2.33. The number of hydrogen-bond acceptors (Lipinski definition) is 6. The molecule has 40 heavy (non-hydrogen) atoms. The Bertz CT molecular complexity index is 1360. The molecule has 0 aromatic heterocycles. The zero-order valence-electron chi connectivity index (χ0n) is 22.7. The zero-order chi connectivity index (χ0) is 28.2. The van der Waals surface area contributed by atoms with Crippen molar-refractivity contribution < 1.29 is 28.5 Å². The molecule has 0 atom stereocenters. The van der Waals surface area contributed by atoms with Crippen LogP contribution in [0.15, 0.2) is 120 Å². The number of ether oxygens (including phenoxy) is 4. The number of ketones is 2. The fourth-order valence-corrected chi connectivity index (χ4v) is 3.89. The van der Waals surface area contributed by atoms with E-state index in [4.69, 9.17) is 18.9 Å².